The number of likely N-dealkylation sites (tertiary alicyclic amines) is 1. The van der Waals surface area contributed by atoms with Gasteiger partial charge < -0.3 is 9.64 Å². The summed E-state index contributed by atoms with van der Waals surface area (Å²) in [4.78, 5) is 17.0. The van der Waals surface area contributed by atoms with E-state index in [-0.39, 0.29) is 11.6 Å². The fraction of sp³-hybridized carbons (Fsp3) is 0.667. The van der Waals surface area contributed by atoms with Gasteiger partial charge in [-0.05, 0) is 65.0 Å². The van der Waals surface area contributed by atoms with Gasteiger partial charge in [-0.1, -0.05) is 30.3 Å². The Morgan fingerprint density at radius 2 is 1.92 bits per heavy atom. The molecule has 0 aromatic heterocycles. The first-order valence-electron chi connectivity index (χ1n) is 9.49. The van der Waals surface area contributed by atoms with Crippen molar-refractivity contribution in [2.45, 2.75) is 64.1 Å². The fourth-order valence-corrected chi connectivity index (χ4v) is 4.18. The summed E-state index contributed by atoms with van der Waals surface area (Å²) in [6, 6.07) is 11.1. The van der Waals surface area contributed by atoms with E-state index in [4.69, 9.17) is 4.74 Å². The molecule has 3 rings (SSSR count). The summed E-state index contributed by atoms with van der Waals surface area (Å²) < 4.78 is 5.60. The van der Waals surface area contributed by atoms with Crippen molar-refractivity contribution in [2.24, 2.45) is 5.92 Å². The molecule has 25 heavy (non-hydrogen) atoms. The van der Waals surface area contributed by atoms with E-state index in [0.717, 1.165) is 32.4 Å². The van der Waals surface area contributed by atoms with Gasteiger partial charge in [0.05, 0.1) is 5.54 Å². The van der Waals surface area contributed by atoms with E-state index in [2.05, 4.69) is 42.2 Å². The third kappa shape index (κ3) is 3.84. The van der Waals surface area contributed by atoms with E-state index in [9.17, 15) is 4.79 Å². The SMILES string of the molecule is CC(c1ccccc1)N1CCC(C2(N(C)C(=O)OC(C)(C)C)CC2)C1. The van der Waals surface area contributed by atoms with E-state index < -0.39 is 5.60 Å². The molecule has 1 aromatic rings. The van der Waals surface area contributed by atoms with Gasteiger partial charge in [0, 0.05) is 19.6 Å². The van der Waals surface area contributed by atoms with E-state index in [1.165, 1.54) is 5.56 Å². The average molecular weight is 344 g/mol. The highest BCUT2D eigenvalue weighted by molar-refractivity contribution is 5.69. The summed E-state index contributed by atoms with van der Waals surface area (Å²) in [7, 11) is 1.92. The van der Waals surface area contributed by atoms with Gasteiger partial charge in [0.15, 0.2) is 0 Å². The lowest BCUT2D eigenvalue weighted by atomic mass is 9.95. The van der Waals surface area contributed by atoms with Gasteiger partial charge in [-0.3, -0.25) is 4.90 Å². The maximum atomic E-state index is 12.5. The van der Waals surface area contributed by atoms with Crippen LogP contribution >= 0.6 is 0 Å². The maximum Gasteiger partial charge on any atom is 0.410 e. The molecule has 1 amide bonds. The molecule has 2 fully saturated rings. The second kappa shape index (κ2) is 6.64. The molecule has 1 heterocycles. The second-order valence-electron chi connectivity index (χ2n) is 8.71. The number of benzene rings is 1. The largest absolute Gasteiger partial charge is 0.444 e. The lowest BCUT2D eigenvalue weighted by molar-refractivity contribution is 0.0125. The first-order chi connectivity index (χ1) is 11.7. The number of amides is 1. The van der Waals surface area contributed by atoms with Crippen LogP contribution in [0.4, 0.5) is 4.79 Å². The minimum absolute atomic E-state index is 0.00743. The van der Waals surface area contributed by atoms with Gasteiger partial charge in [-0.2, -0.15) is 0 Å². The fourth-order valence-electron chi connectivity index (χ4n) is 4.18. The number of hydrogen-bond acceptors (Lipinski definition) is 3. The van der Waals surface area contributed by atoms with Crippen molar-refractivity contribution >= 4 is 6.09 Å². The van der Waals surface area contributed by atoms with Crippen molar-refractivity contribution < 1.29 is 9.53 Å². The Morgan fingerprint density at radius 1 is 1.28 bits per heavy atom. The predicted octanol–water partition coefficient (Wildman–Crippen LogP) is 4.47. The molecule has 0 bridgehead atoms. The molecular weight excluding hydrogens is 312 g/mol. The van der Waals surface area contributed by atoms with E-state index in [0.29, 0.717) is 12.0 Å². The number of hydrogen-bond donors (Lipinski definition) is 0. The molecule has 0 spiro atoms. The quantitative estimate of drug-likeness (QED) is 0.808. The predicted molar refractivity (Wildman–Crippen MR) is 100 cm³/mol. The Bertz CT molecular complexity index is 604. The molecule has 1 aliphatic carbocycles. The summed E-state index contributed by atoms with van der Waals surface area (Å²) in [6.45, 7) is 10.2. The number of carbonyl (C=O) groups excluding carboxylic acids is 1. The van der Waals surface area contributed by atoms with Gasteiger partial charge in [-0.25, -0.2) is 4.79 Å². The molecule has 2 unspecified atom stereocenters. The molecule has 0 N–H and O–H groups in total. The Hall–Kier alpha value is -1.55. The van der Waals surface area contributed by atoms with Crippen LogP contribution in [0.15, 0.2) is 30.3 Å². The lowest BCUT2D eigenvalue weighted by Crippen LogP contribution is -2.47. The van der Waals surface area contributed by atoms with Crippen LogP contribution in [0.25, 0.3) is 0 Å². The van der Waals surface area contributed by atoms with Crippen LogP contribution in [0, 0.1) is 5.92 Å². The summed E-state index contributed by atoms with van der Waals surface area (Å²) in [6.07, 6.45) is 3.17. The van der Waals surface area contributed by atoms with Crippen LogP contribution in [0.2, 0.25) is 0 Å². The third-order valence-electron chi connectivity index (χ3n) is 5.91. The van der Waals surface area contributed by atoms with Crippen LogP contribution in [-0.4, -0.2) is 47.2 Å². The number of ether oxygens (including phenoxy) is 1. The van der Waals surface area contributed by atoms with Crippen molar-refractivity contribution in [2.75, 3.05) is 20.1 Å². The summed E-state index contributed by atoms with van der Waals surface area (Å²) in [5.41, 5.74) is 0.937. The van der Waals surface area contributed by atoms with Crippen LogP contribution in [0.1, 0.15) is 58.6 Å². The van der Waals surface area contributed by atoms with Gasteiger partial charge in [0.1, 0.15) is 5.60 Å². The monoisotopic (exact) mass is 344 g/mol. The normalized spacial score (nSPS) is 24.0. The highest BCUT2D eigenvalue weighted by Crippen LogP contribution is 2.51. The van der Waals surface area contributed by atoms with Crippen LogP contribution in [0.5, 0.6) is 0 Å². The van der Waals surface area contributed by atoms with Crippen LogP contribution in [-0.2, 0) is 4.74 Å². The zero-order valence-electron chi connectivity index (χ0n) is 16.3. The maximum absolute atomic E-state index is 12.5. The zero-order valence-corrected chi connectivity index (χ0v) is 16.3. The highest BCUT2D eigenvalue weighted by Gasteiger charge is 2.56. The average Bonchev–Trinajstić information content (AvgIpc) is 3.22. The standard InChI is InChI=1S/C21H32N2O2/c1-16(17-9-7-6-8-10-17)23-14-11-18(15-23)21(12-13-21)22(5)19(24)25-20(2,3)4/h6-10,16,18H,11-15H2,1-5H3. The van der Waals surface area contributed by atoms with E-state index >= 15 is 0 Å². The molecular formula is C21H32N2O2. The smallest absolute Gasteiger partial charge is 0.410 e. The second-order valence-corrected chi connectivity index (χ2v) is 8.71. The Labute approximate surface area is 152 Å². The first-order valence-corrected chi connectivity index (χ1v) is 9.49. The van der Waals surface area contributed by atoms with Gasteiger partial charge in [0.2, 0.25) is 0 Å². The van der Waals surface area contributed by atoms with Crippen molar-refractivity contribution in [3.8, 4) is 0 Å². The van der Waals surface area contributed by atoms with Crippen molar-refractivity contribution in [3.05, 3.63) is 35.9 Å². The van der Waals surface area contributed by atoms with Gasteiger partial charge >= 0.3 is 6.09 Å². The topological polar surface area (TPSA) is 32.8 Å². The number of nitrogens with zero attached hydrogens (tertiary/aromatic N) is 2. The molecule has 1 aromatic carbocycles. The third-order valence-corrected chi connectivity index (χ3v) is 5.91. The number of carbonyl (C=O) groups is 1. The molecule has 138 valence electrons. The molecule has 2 atom stereocenters. The molecule has 2 aliphatic rings. The summed E-state index contributed by atoms with van der Waals surface area (Å²) in [5.74, 6) is 0.538. The summed E-state index contributed by atoms with van der Waals surface area (Å²) in [5, 5.41) is 0. The summed E-state index contributed by atoms with van der Waals surface area (Å²) >= 11 is 0. The Balaban J connectivity index is 1.64. The molecule has 0 radical (unpaired) electrons. The van der Waals surface area contributed by atoms with Gasteiger partial charge in [0.25, 0.3) is 0 Å². The molecule has 1 aliphatic heterocycles. The van der Waals surface area contributed by atoms with Crippen LogP contribution in [0.3, 0.4) is 0 Å². The van der Waals surface area contributed by atoms with Crippen molar-refractivity contribution in [3.63, 3.8) is 0 Å². The minimum atomic E-state index is -0.440. The first kappa shape index (κ1) is 18.2. The minimum Gasteiger partial charge on any atom is -0.444 e. The van der Waals surface area contributed by atoms with Crippen molar-refractivity contribution in [1.82, 2.24) is 9.80 Å². The zero-order chi connectivity index (χ0) is 18.2. The van der Waals surface area contributed by atoms with Crippen molar-refractivity contribution in [1.29, 1.82) is 0 Å². The Kier molecular flexibility index (Phi) is 4.84. The molecule has 1 saturated heterocycles. The molecule has 4 nitrogen and oxygen atoms in total. The van der Waals surface area contributed by atoms with E-state index in [1.54, 1.807) is 0 Å². The van der Waals surface area contributed by atoms with Crippen LogP contribution < -0.4 is 0 Å². The van der Waals surface area contributed by atoms with E-state index in [1.807, 2.05) is 32.7 Å². The lowest BCUT2D eigenvalue weighted by Gasteiger charge is -2.35. The highest BCUT2D eigenvalue weighted by atomic mass is 16.6. The molecule has 1 saturated carbocycles. The number of rotatable bonds is 4. The van der Waals surface area contributed by atoms with Gasteiger partial charge in [-0.15, -0.1) is 0 Å². The Morgan fingerprint density at radius 3 is 2.48 bits per heavy atom. The molecule has 4 heteroatoms.